The predicted molar refractivity (Wildman–Crippen MR) is 88.9 cm³/mol. The molecule has 2 rings (SSSR count). The molecular formula is C18H30N2O. The molecule has 0 atom stereocenters. The van der Waals surface area contributed by atoms with E-state index in [-0.39, 0.29) is 0 Å². The van der Waals surface area contributed by atoms with Gasteiger partial charge in [-0.25, -0.2) is 0 Å². The van der Waals surface area contributed by atoms with E-state index in [0.29, 0.717) is 6.04 Å². The molecule has 3 nitrogen and oxygen atoms in total. The summed E-state index contributed by atoms with van der Waals surface area (Å²) in [5, 5.41) is 3.71. The minimum absolute atomic E-state index is 0.672. The van der Waals surface area contributed by atoms with Gasteiger partial charge in [-0.1, -0.05) is 25.5 Å². The fraction of sp³-hybridized carbons (Fsp3) is 0.667. The maximum absolute atomic E-state index is 5.31. The Hall–Kier alpha value is -1.06. The van der Waals surface area contributed by atoms with Crippen LogP contribution in [0, 0.1) is 6.92 Å². The van der Waals surface area contributed by atoms with E-state index in [1.807, 2.05) is 0 Å². The topological polar surface area (TPSA) is 24.5 Å². The number of likely N-dealkylation sites (tertiary alicyclic amines) is 1. The maximum Gasteiger partial charge on any atom is 0.121 e. The minimum Gasteiger partial charge on any atom is -0.496 e. The summed E-state index contributed by atoms with van der Waals surface area (Å²) in [4.78, 5) is 2.61. The lowest BCUT2D eigenvalue weighted by Crippen LogP contribution is -2.42. The van der Waals surface area contributed by atoms with Crippen LogP contribution in [0.4, 0.5) is 0 Å². The monoisotopic (exact) mass is 290 g/mol. The first-order valence-electron chi connectivity index (χ1n) is 8.32. The quantitative estimate of drug-likeness (QED) is 0.833. The van der Waals surface area contributed by atoms with Gasteiger partial charge in [0.1, 0.15) is 5.75 Å². The van der Waals surface area contributed by atoms with Gasteiger partial charge in [0.25, 0.3) is 0 Å². The van der Waals surface area contributed by atoms with Crippen molar-refractivity contribution in [3.63, 3.8) is 0 Å². The van der Waals surface area contributed by atoms with Crippen molar-refractivity contribution in [3.05, 3.63) is 29.3 Å². The molecule has 0 spiro atoms. The molecule has 1 aromatic carbocycles. The van der Waals surface area contributed by atoms with Gasteiger partial charge in [-0.15, -0.1) is 0 Å². The normalized spacial score (nSPS) is 17.1. The summed E-state index contributed by atoms with van der Waals surface area (Å²) >= 11 is 0. The Balaban J connectivity index is 1.73. The molecule has 1 saturated heterocycles. The van der Waals surface area contributed by atoms with E-state index in [0.717, 1.165) is 12.3 Å². The molecule has 118 valence electrons. The van der Waals surface area contributed by atoms with E-state index in [4.69, 9.17) is 4.74 Å². The Kier molecular flexibility index (Phi) is 6.52. The molecule has 1 aliphatic rings. The van der Waals surface area contributed by atoms with Gasteiger partial charge in [-0.05, 0) is 63.0 Å². The van der Waals surface area contributed by atoms with Gasteiger partial charge in [0.2, 0.25) is 0 Å². The second-order valence-corrected chi connectivity index (χ2v) is 6.15. The molecule has 1 heterocycles. The van der Waals surface area contributed by atoms with Crippen molar-refractivity contribution in [1.82, 2.24) is 10.2 Å². The van der Waals surface area contributed by atoms with E-state index in [1.54, 1.807) is 7.11 Å². The zero-order valence-electron chi connectivity index (χ0n) is 13.8. The molecule has 0 radical (unpaired) electrons. The molecule has 0 aromatic heterocycles. The van der Waals surface area contributed by atoms with Crippen LogP contribution in [0.25, 0.3) is 0 Å². The van der Waals surface area contributed by atoms with Crippen molar-refractivity contribution < 1.29 is 4.74 Å². The summed E-state index contributed by atoms with van der Waals surface area (Å²) in [6, 6.07) is 7.13. The van der Waals surface area contributed by atoms with Crippen molar-refractivity contribution in [2.24, 2.45) is 0 Å². The standard InChI is InChI=1S/C18H30N2O/c1-4-5-10-20-11-8-17(9-12-20)19-14-16-6-7-18(21-3)15(2)13-16/h6-7,13,17,19H,4-5,8-12,14H2,1-3H3. The number of aryl methyl sites for hydroxylation is 1. The molecule has 3 heteroatoms. The van der Waals surface area contributed by atoms with E-state index >= 15 is 0 Å². The molecule has 1 aliphatic heterocycles. The Morgan fingerprint density at radius 1 is 1.29 bits per heavy atom. The summed E-state index contributed by atoms with van der Waals surface area (Å²) in [7, 11) is 1.73. The largest absolute Gasteiger partial charge is 0.496 e. The number of hydrogen-bond acceptors (Lipinski definition) is 3. The lowest BCUT2D eigenvalue weighted by atomic mass is 10.0. The number of hydrogen-bond donors (Lipinski definition) is 1. The molecule has 0 bridgehead atoms. The second-order valence-electron chi connectivity index (χ2n) is 6.15. The average molecular weight is 290 g/mol. The van der Waals surface area contributed by atoms with Gasteiger partial charge in [0.05, 0.1) is 7.11 Å². The van der Waals surface area contributed by atoms with Crippen molar-refractivity contribution in [2.45, 2.75) is 52.1 Å². The van der Waals surface area contributed by atoms with Gasteiger partial charge in [0.15, 0.2) is 0 Å². The van der Waals surface area contributed by atoms with Crippen LogP contribution in [0.5, 0.6) is 5.75 Å². The lowest BCUT2D eigenvalue weighted by Gasteiger charge is -2.32. The number of nitrogens with one attached hydrogen (secondary N) is 1. The number of rotatable bonds is 7. The highest BCUT2D eigenvalue weighted by Gasteiger charge is 2.18. The third-order valence-corrected chi connectivity index (χ3v) is 4.47. The van der Waals surface area contributed by atoms with Crippen LogP contribution in [0.2, 0.25) is 0 Å². The number of benzene rings is 1. The van der Waals surface area contributed by atoms with Gasteiger partial charge >= 0.3 is 0 Å². The maximum atomic E-state index is 5.31. The van der Waals surface area contributed by atoms with Crippen molar-refractivity contribution in [2.75, 3.05) is 26.7 Å². The Morgan fingerprint density at radius 2 is 2.05 bits per heavy atom. The van der Waals surface area contributed by atoms with Gasteiger partial charge in [-0.3, -0.25) is 0 Å². The fourth-order valence-electron chi connectivity index (χ4n) is 3.06. The fourth-order valence-corrected chi connectivity index (χ4v) is 3.06. The van der Waals surface area contributed by atoms with Crippen molar-refractivity contribution in [3.8, 4) is 5.75 Å². The van der Waals surface area contributed by atoms with Crippen molar-refractivity contribution in [1.29, 1.82) is 0 Å². The number of piperidine rings is 1. The predicted octanol–water partition coefficient (Wildman–Crippen LogP) is 3.36. The van der Waals surface area contributed by atoms with E-state index in [9.17, 15) is 0 Å². The first-order chi connectivity index (χ1) is 10.2. The molecule has 1 N–H and O–H groups in total. The SMILES string of the molecule is CCCCN1CCC(NCc2ccc(OC)c(C)c2)CC1. The number of ether oxygens (including phenoxy) is 1. The van der Waals surface area contributed by atoms with Gasteiger partial charge in [0, 0.05) is 12.6 Å². The molecule has 0 saturated carbocycles. The van der Waals surface area contributed by atoms with E-state index < -0.39 is 0 Å². The average Bonchev–Trinajstić information content (AvgIpc) is 2.52. The van der Waals surface area contributed by atoms with E-state index in [1.165, 1.54) is 56.4 Å². The summed E-state index contributed by atoms with van der Waals surface area (Å²) in [6.07, 6.45) is 5.19. The molecule has 21 heavy (non-hydrogen) atoms. The van der Waals surface area contributed by atoms with Gasteiger partial charge < -0.3 is 15.0 Å². The smallest absolute Gasteiger partial charge is 0.121 e. The Bertz CT molecular complexity index is 425. The number of unbranched alkanes of at least 4 members (excludes halogenated alkanes) is 1. The molecule has 0 aliphatic carbocycles. The molecular weight excluding hydrogens is 260 g/mol. The van der Waals surface area contributed by atoms with Crippen LogP contribution >= 0.6 is 0 Å². The summed E-state index contributed by atoms with van der Waals surface area (Å²) in [5.74, 6) is 0.975. The highest BCUT2D eigenvalue weighted by Crippen LogP contribution is 2.19. The molecule has 1 fully saturated rings. The number of nitrogens with zero attached hydrogens (tertiary/aromatic N) is 1. The van der Waals surface area contributed by atoms with Crippen LogP contribution < -0.4 is 10.1 Å². The first kappa shape index (κ1) is 16.3. The Morgan fingerprint density at radius 3 is 2.67 bits per heavy atom. The summed E-state index contributed by atoms with van der Waals surface area (Å²) < 4.78 is 5.31. The summed E-state index contributed by atoms with van der Waals surface area (Å²) in [6.45, 7) is 9.11. The summed E-state index contributed by atoms with van der Waals surface area (Å²) in [5.41, 5.74) is 2.56. The van der Waals surface area contributed by atoms with Crippen LogP contribution in [-0.2, 0) is 6.54 Å². The van der Waals surface area contributed by atoms with E-state index in [2.05, 4.69) is 42.3 Å². The molecule has 0 amide bonds. The third kappa shape index (κ3) is 5.01. The van der Waals surface area contributed by atoms with Crippen molar-refractivity contribution >= 4 is 0 Å². The number of methoxy groups -OCH3 is 1. The lowest BCUT2D eigenvalue weighted by molar-refractivity contribution is 0.195. The van der Waals surface area contributed by atoms with Crippen LogP contribution in [0.3, 0.4) is 0 Å². The van der Waals surface area contributed by atoms with Crippen LogP contribution in [-0.4, -0.2) is 37.7 Å². The third-order valence-electron chi connectivity index (χ3n) is 4.47. The first-order valence-corrected chi connectivity index (χ1v) is 8.32. The highest BCUT2D eigenvalue weighted by molar-refractivity contribution is 5.36. The van der Waals surface area contributed by atoms with Crippen LogP contribution in [0.15, 0.2) is 18.2 Å². The van der Waals surface area contributed by atoms with Gasteiger partial charge in [-0.2, -0.15) is 0 Å². The minimum atomic E-state index is 0.672. The zero-order chi connectivity index (χ0) is 15.1. The second kappa shape index (κ2) is 8.40. The Labute approximate surface area is 129 Å². The highest BCUT2D eigenvalue weighted by atomic mass is 16.5. The molecule has 0 unspecified atom stereocenters. The zero-order valence-corrected chi connectivity index (χ0v) is 13.8. The molecule has 1 aromatic rings. The van der Waals surface area contributed by atoms with Crippen LogP contribution in [0.1, 0.15) is 43.7 Å².